The van der Waals surface area contributed by atoms with E-state index in [-0.39, 0.29) is 95.7 Å². The number of carboxylic acids is 3. The Kier molecular flexibility index (Phi) is 12.7. The van der Waals surface area contributed by atoms with Gasteiger partial charge in [-0.2, -0.15) is 0 Å². The van der Waals surface area contributed by atoms with Crippen molar-refractivity contribution in [3.63, 3.8) is 0 Å². The fraction of sp³-hybridized carbons (Fsp3) is 0.440. The van der Waals surface area contributed by atoms with Crippen LogP contribution in [0, 0.1) is 36.9 Å². The molecule has 0 saturated carbocycles. The molecule has 0 saturated heterocycles. The Morgan fingerprint density at radius 2 is 1.41 bits per heavy atom. The van der Waals surface area contributed by atoms with Crippen molar-refractivity contribution < 1.29 is 66.6 Å². The fourth-order valence-electron chi connectivity index (χ4n) is 4.33. The summed E-state index contributed by atoms with van der Waals surface area (Å²) in [7, 11) is 0. The van der Waals surface area contributed by atoms with E-state index in [0.29, 0.717) is 23.5 Å². The van der Waals surface area contributed by atoms with Crippen molar-refractivity contribution in [2.75, 3.05) is 45.0 Å². The SMILES string of the molecule is Nc1ccc(CCC(C(=O)[O-])N2CCN(CC(=O)[O-])CCN(CC(=O)[O-])Cc3cccc(n3)C2)cc1.[Tm+3]. The molecule has 2 aromatic rings. The number of carbonyl (C=O) groups is 3. The van der Waals surface area contributed by atoms with E-state index in [4.69, 9.17) is 5.73 Å². The van der Waals surface area contributed by atoms with Gasteiger partial charge < -0.3 is 35.4 Å². The number of benzene rings is 1. The average molecular weight is 665 g/mol. The topological polar surface area (TPSA) is 169 Å². The van der Waals surface area contributed by atoms with Gasteiger partial charge in [-0.15, -0.1) is 0 Å². The minimum atomic E-state index is -1.27. The molecule has 204 valence electrons. The molecule has 0 radical (unpaired) electrons. The summed E-state index contributed by atoms with van der Waals surface area (Å²) in [5.74, 6) is -3.74. The maximum atomic E-state index is 12.2. The van der Waals surface area contributed by atoms with Crippen molar-refractivity contribution in [1.29, 1.82) is 0 Å². The number of aryl methyl sites for hydroxylation is 1. The third-order valence-corrected chi connectivity index (χ3v) is 6.16. The molecule has 1 aliphatic rings. The molecule has 1 aromatic carbocycles. The number of pyridine rings is 1. The molecule has 37 heavy (non-hydrogen) atoms. The number of nitrogen functional groups attached to an aromatic ring is 1. The molecular formula is C25H30N5O6Tm. The van der Waals surface area contributed by atoms with Crippen LogP contribution in [0.25, 0.3) is 0 Å². The zero-order valence-corrected chi connectivity index (χ0v) is 22.1. The number of fused-ring (bicyclic) bond motifs is 2. The van der Waals surface area contributed by atoms with E-state index < -0.39 is 23.9 Å². The molecule has 2 bridgehead atoms. The molecule has 1 aromatic heterocycles. The maximum Gasteiger partial charge on any atom is 3.00 e. The fourth-order valence-corrected chi connectivity index (χ4v) is 4.33. The number of aliphatic carboxylic acids is 3. The minimum absolute atomic E-state index is 0. The van der Waals surface area contributed by atoms with Crippen LogP contribution in [0.15, 0.2) is 42.5 Å². The molecule has 0 fully saturated rings. The minimum Gasteiger partial charge on any atom is -0.549 e. The molecule has 3 rings (SSSR count). The van der Waals surface area contributed by atoms with Crippen molar-refractivity contribution in [2.45, 2.75) is 32.0 Å². The van der Waals surface area contributed by atoms with Crippen molar-refractivity contribution >= 4 is 23.6 Å². The van der Waals surface area contributed by atoms with E-state index >= 15 is 0 Å². The number of anilines is 1. The normalized spacial score (nSPS) is 16.5. The number of nitrogens with two attached hydrogens (primary N) is 1. The van der Waals surface area contributed by atoms with Crippen molar-refractivity contribution in [3.8, 4) is 0 Å². The summed E-state index contributed by atoms with van der Waals surface area (Å²) in [5.41, 5.74) is 8.53. The Morgan fingerprint density at radius 1 is 0.838 bits per heavy atom. The molecule has 1 atom stereocenters. The predicted molar refractivity (Wildman–Crippen MR) is 124 cm³/mol. The molecule has 11 nitrogen and oxygen atoms in total. The summed E-state index contributed by atoms with van der Waals surface area (Å²) in [5, 5.41) is 34.8. The molecule has 2 heterocycles. The zero-order valence-electron chi connectivity index (χ0n) is 20.3. The van der Waals surface area contributed by atoms with Gasteiger partial charge in [-0.05, 0) is 42.7 Å². The second-order valence-electron chi connectivity index (χ2n) is 8.94. The van der Waals surface area contributed by atoms with Gasteiger partial charge in [-0.3, -0.25) is 19.7 Å². The second kappa shape index (κ2) is 15.2. The summed E-state index contributed by atoms with van der Waals surface area (Å²) in [6.07, 6.45) is 0.773. The van der Waals surface area contributed by atoms with E-state index in [9.17, 15) is 29.7 Å². The van der Waals surface area contributed by atoms with Crippen LogP contribution in [-0.4, -0.2) is 82.9 Å². The van der Waals surface area contributed by atoms with Crippen molar-refractivity contribution in [1.82, 2.24) is 19.7 Å². The van der Waals surface area contributed by atoms with Gasteiger partial charge in [-0.1, -0.05) is 18.2 Å². The third-order valence-electron chi connectivity index (χ3n) is 6.16. The third kappa shape index (κ3) is 10.5. The Labute approximate surface area is 245 Å². The number of rotatable bonds is 9. The first-order valence-electron chi connectivity index (χ1n) is 11.8. The Bertz CT molecular complexity index is 1050. The number of carbonyl (C=O) groups excluding carboxylic acids is 3. The number of hydrogen-bond acceptors (Lipinski definition) is 11. The van der Waals surface area contributed by atoms with Crippen LogP contribution in [0.1, 0.15) is 23.4 Å². The molecule has 0 spiro atoms. The van der Waals surface area contributed by atoms with Gasteiger partial charge in [0.25, 0.3) is 0 Å². The Hall–Kier alpha value is -2.31. The van der Waals surface area contributed by atoms with Gasteiger partial charge in [0.2, 0.25) is 0 Å². The number of hydrogen-bond donors (Lipinski definition) is 1. The maximum absolute atomic E-state index is 12.2. The van der Waals surface area contributed by atoms with Crippen LogP contribution in [0.4, 0.5) is 5.69 Å². The monoisotopic (exact) mass is 665 g/mol. The second-order valence-corrected chi connectivity index (χ2v) is 8.94. The van der Waals surface area contributed by atoms with Crippen LogP contribution in [0.3, 0.4) is 0 Å². The van der Waals surface area contributed by atoms with E-state index in [0.717, 1.165) is 5.56 Å². The zero-order chi connectivity index (χ0) is 26.1. The van der Waals surface area contributed by atoms with Gasteiger partial charge in [0.05, 0.1) is 35.3 Å². The smallest absolute Gasteiger partial charge is 0.549 e. The number of carboxylic acid groups (broad SMARTS) is 3. The largest absolute Gasteiger partial charge is 3.00 e. The van der Waals surface area contributed by atoms with Gasteiger partial charge in [0.15, 0.2) is 0 Å². The predicted octanol–water partition coefficient (Wildman–Crippen LogP) is -3.17. The molecule has 1 aliphatic heterocycles. The number of aromatic nitrogens is 1. The first kappa shape index (κ1) is 30.9. The summed E-state index contributed by atoms with van der Waals surface area (Å²) in [4.78, 5) is 44.3. The van der Waals surface area contributed by atoms with Crippen LogP contribution >= 0.6 is 0 Å². The summed E-state index contributed by atoms with van der Waals surface area (Å²) < 4.78 is 0. The molecule has 2 N–H and O–H groups in total. The first-order chi connectivity index (χ1) is 17.2. The summed E-state index contributed by atoms with van der Waals surface area (Å²) in [6, 6.07) is 11.6. The molecular weight excluding hydrogens is 635 g/mol. The van der Waals surface area contributed by atoms with Gasteiger partial charge in [0.1, 0.15) is 0 Å². The van der Waals surface area contributed by atoms with E-state index in [1.807, 2.05) is 12.1 Å². The van der Waals surface area contributed by atoms with E-state index in [1.54, 1.807) is 45.0 Å². The van der Waals surface area contributed by atoms with Crippen LogP contribution in [0.5, 0.6) is 0 Å². The molecule has 12 heteroatoms. The van der Waals surface area contributed by atoms with Gasteiger partial charge >= 0.3 is 36.9 Å². The Balaban J connectivity index is 0.00000481. The molecule has 0 amide bonds. The standard InChI is InChI=1S/C25H33N5O6.Tm/c26-19-7-4-18(5-8-19)6-9-22(25(35)36)30-13-12-28(16-23(31)32)10-11-29(17-24(33)34)14-20-2-1-3-21(15-30)27-20;/h1-5,7-8,22H,6,9-17,26H2,(H,31,32)(H,33,34)(H,35,36);/q;+3/p-3. The average Bonchev–Trinajstić information content (AvgIpc) is 2.80. The van der Waals surface area contributed by atoms with Crippen LogP contribution in [-0.2, 0) is 33.9 Å². The van der Waals surface area contributed by atoms with Crippen LogP contribution in [0.2, 0.25) is 0 Å². The molecule has 1 unspecified atom stereocenters. The van der Waals surface area contributed by atoms with Crippen LogP contribution < -0.4 is 21.1 Å². The van der Waals surface area contributed by atoms with Gasteiger partial charge in [0, 0.05) is 58.0 Å². The molecule has 0 aliphatic carbocycles. The number of nitrogens with zero attached hydrogens (tertiary/aromatic N) is 4. The summed E-state index contributed by atoms with van der Waals surface area (Å²) in [6.45, 7) is 0.714. The van der Waals surface area contributed by atoms with Crippen molar-refractivity contribution in [2.24, 2.45) is 0 Å². The van der Waals surface area contributed by atoms with E-state index in [1.165, 1.54) is 0 Å². The summed E-state index contributed by atoms with van der Waals surface area (Å²) >= 11 is 0. The first-order valence-corrected chi connectivity index (χ1v) is 11.8. The van der Waals surface area contributed by atoms with E-state index in [2.05, 4.69) is 4.98 Å². The quantitative estimate of drug-likeness (QED) is 0.269. The van der Waals surface area contributed by atoms with Crippen molar-refractivity contribution in [3.05, 3.63) is 59.4 Å². The Morgan fingerprint density at radius 3 is 2.03 bits per heavy atom. The van der Waals surface area contributed by atoms with Gasteiger partial charge in [-0.25, -0.2) is 0 Å².